The van der Waals surface area contributed by atoms with Crippen LogP contribution >= 0.6 is 11.6 Å². The molecule has 0 saturated carbocycles. The molecule has 1 atom stereocenters. The third-order valence-electron chi connectivity index (χ3n) is 2.33. The molecule has 0 fully saturated rings. The summed E-state index contributed by atoms with van der Waals surface area (Å²) in [6, 6.07) is 2.27. The van der Waals surface area contributed by atoms with E-state index in [0.29, 0.717) is 6.42 Å². The summed E-state index contributed by atoms with van der Waals surface area (Å²) >= 11 is 5.41. The zero-order valence-electron chi connectivity index (χ0n) is 9.79. The summed E-state index contributed by atoms with van der Waals surface area (Å²) in [5.41, 5.74) is 0.103. The molecule has 0 amide bonds. The van der Waals surface area contributed by atoms with E-state index < -0.39 is 27.7 Å². The molecule has 1 unspecified atom stereocenters. The number of hydrogen-bond donors (Lipinski definition) is 1. The monoisotopic (exact) mass is 297 g/mol. The van der Waals surface area contributed by atoms with E-state index in [1.807, 2.05) is 0 Å². The molecule has 1 aromatic carbocycles. The van der Waals surface area contributed by atoms with Crippen LogP contribution in [0.25, 0.3) is 0 Å². The molecule has 0 aromatic heterocycles. The number of benzene rings is 1. The third-order valence-corrected chi connectivity index (χ3v) is 4.14. The number of rotatable bonds is 6. The second-order valence-electron chi connectivity index (χ2n) is 3.87. The highest BCUT2D eigenvalue weighted by atomic mass is 35.5. The first kappa shape index (κ1) is 15.3. The summed E-state index contributed by atoms with van der Waals surface area (Å²) in [7, 11) is -3.51. The molecular formula is C11H14ClF2NO2S. The van der Waals surface area contributed by atoms with E-state index in [1.165, 1.54) is 13.0 Å². The first-order valence-corrected chi connectivity index (χ1v) is 7.55. The van der Waals surface area contributed by atoms with E-state index >= 15 is 0 Å². The van der Waals surface area contributed by atoms with Crippen LogP contribution in [-0.2, 0) is 10.0 Å². The first-order valence-electron chi connectivity index (χ1n) is 5.36. The molecule has 7 heteroatoms. The summed E-state index contributed by atoms with van der Waals surface area (Å²) in [6.07, 6.45) is 0.315. The minimum atomic E-state index is -3.51. The average molecular weight is 298 g/mol. The third kappa shape index (κ3) is 4.51. The van der Waals surface area contributed by atoms with Crippen molar-refractivity contribution < 1.29 is 17.2 Å². The second-order valence-corrected chi connectivity index (χ2v) is 6.12. The van der Waals surface area contributed by atoms with Crippen molar-refractivity contribution in [3.63, 3.8) is 0 Å². The Bertz CT molecular complexity index is 508. The van der Waals surface area contributed by atoms with Crippen LogP contribution in [0.5, 0.6) is 0 Å². The van der Waals surface area contributed by atoms with Crippen molar-refractivity contribution >= 4 is 21.6 Å². The molecule has 0 bridgehead atoms. The maximum atomic E-state index is 13.4. The Balaban J connectivity index is 2.79. The predicted molar refractivity (Wildman–Crippen MR) is 67.0 cm³/mol. The molecule has 0 heterocycles. The molecule has 0 saturated heterocycles. The molecule has 1 rings (SSSR count). The molecule has 1 N–H and O–H groups in total. The van der Waals surface area contributed by atoms with E-state index in [0.717, 1.165) is 12.1 Å². The smallest absolute Gasteiger partial charge is 0.212 e. The van der Waals surface area contributed by atoms with E-state index in [4.69, 9.17) is 11.6 Å². The Kier molecular flexibility index (Phi) is 5.49. The standard InChI is InChI=1S/C11H14ClF2NO2S/c1-8(15-18(16,17)6-2-5-12)10-4-3-9(13)7-11(10)14/h3-4,7-8,15H,2,5-6H2,1H3. The fraction of sp³-hybridized carbons (Fsp3) is 0.455. The Morgan fingerprint density at radius 3 is 2.61 bits per heavy atom. The highest BCUT2D eigenvalue weighted by molar-refractivity contribution is 7.89. The fourth-order valence-electron chi connectivity index (χ4n) is 1.49. The zero-order valence-corrected chi connectivity index (χ0v) is 11.4. The van der Waals surface area contributed by atoms with Crippen molar-refractivity contribution in [2.24, 2.45) is 0 Å². The first-order chi connectivity index (χ1) is 8.35. The van der Waals surface area contributed by atoms with Gasteiger partial charge >= 0.3 is 0 Å². The summed E-state index contributed by atoms with van der Waals surface area (Å²) in [4.78, 5) is 0. The van der Waals surface area contributed by atoms with Crippen molar-refractivity contribution in [1.82, 2.24) is 4.72 Å². The summed E-state index contributed by atoms with van der Waals surface area (Å²) in [6.45, 7) is 1.49. The van der Waals surface area contributed by atoms with Gasteiger partial charge in [0.05, 0.1) is 5.75 Å². The van der Waals surface area contributed by atoms with E-state index in [1.54, 1.807) is 0 Å². The molecule has 0 aliphatic rings. The summed E-state index contributed by atoms with van der Waals surface area (Å²) in [5.74, 6) is -1.36. The number of halogens is 3. The molecular weight excluding hydrogens is 284 g/mol. The van der Waals surface area contributed by atoms with Gasteiger partial charge in [0.2, 0.25) is 10.0 Å². The van der Waals surface area contributed by atoms with Crippen molar-refractivity contribution in [3.05, 3.63) is 35.4 Å². The van der Waals surface area contributed by atoms with Gasteiger partial charge < -0.3 is 0 Å². The van der Waals surface area contributed by atoms with Gasteiger partial charge in [-0.15, -0.1) is 11.6 Å². The highest BCUT2D eigenvalue weighted by Crippen LogP contribution is 2.18. The lowest BCUT2D eigenvalue weighted by Gasteiger charge is -2.15. The van der Waals surface area contributed by atoms with Crippen LogP contribution in [0, 0.1) is 11.6 Å². The Hall–Kier alpha value is -0.720. The van der Waals surface area contributed by atoms with Crippen LogP contribution in [0.4, 0.5) is 8.78 Å². The van der Waals surface area contributed by atoms with Crippen LogP contribution in [0.15, 0.2) is 18.2 Å². The lowest BCUT2D eigenvalue weighted by atomic mass is 10.1. The SMILES string of the molecule is CC(NS(=O)(=O)CCCCl)c1ccc(F)cc1F. The molecule has 0 aliphatic heterocycles. The van der Waals surface area contributed by atoms with E-state index in [-0.39, 0.29) is 17.2 Å². The van der Waals surface area contributed by atoms with Crippen molar-refractivity contribution in [2.75, 3.05) is 11.6 Å². The van der Waals surface area contributed by atoms with Gasteiger partial charge in [0.1, 0.15) is 11.6 Å². The molecule has 102 valence electrons. The molecule has 0 aliphatic carbocycles. The Morgan fingerprint density at radius 1 is 1.39 bits per heavy atom. The topological polar surface area (TPSA) is 46.2 Å². The summed E-state index contributed by atoms with van der Waals surface area (Å²) < 4.78 is 51.6. The van der Waals surface area contributed by atoms with Gasteiger partial charge in [0.15, 0.2) is 0 Å². The lowest BCUT2D eigenvalue weighted by molar-refractivity contribution is 0.539. The fourth-order valence-corrected chi connectivity index (χ4v) is 3.09. The molecule has 0 spiro atoms. The van der Waals surface area contributed by atoms with Crippen LogP contribution in [0.2, 0.25) is 0 Å². The summed E-state index contributed by atoms with van der Waals surface area (Å²) in [5, 5.41) is 0. The van der Waals surface area contributed by atoms with Crippen molar-refractivity contribution in [3.8, 4) is 0 Å². The zero-order chi connectivity index (χ0) is 13.8. The number of hydrogen-bond acceptors (Lipinski definition) is 2. The minimum absolute atomic E-state index is 0.103. The minimum Gasteiger partial charge on any atom is -0.212 e. The van der Waals surface area contributed by atoms with E-state index in [9.17, 15) is 17.2 Å². The molecule has 3 nitrogen and oxygen atoms in total. The highest BCUT2D eigenvalue weighted by Gasteiger charge is 2.18. The number of alkyl halides is 1. The van der Waals surface area contributed by atoms with Gasteiger partial charge in [0, 0.05) is 23.6 Å². The maximum Gasteiger partial charge on any atom is 0.212 e. The normalized spacial score (nSPS) is 13.6. The van der Waals surface area contributed by atoms with Gasteiger partial charge in [-0.1, -0.05) is 6.07 Å². The van der Waals surface area contributed by atoms with Crippen LogP contribution < -0.4 is 4.72 Å². The van der Waals surface area contributed by atoms with Crippen LogP contribution in [0.1, 0.15) is 24.9 Å². The van der Waals surface area contributed by atoms with Gasteiger partial charge in [-0.05, 0) is 19.4 Å². The van der Waals surface area contributed by atoms with Crippen LogP contribution in [-0.4, -0.2) is 20.1 Å². The quantitative estimate of drug-likeness (QED) is 0.820. The van der Waals surface area contributed by atoms with Gasteiger partial charge in [0.25, 0.3) is 0 Å². The van der Waals surface area contributed by atoms with E-state index in [2.05, 4.69) is 4.72 Å². The predicted octanol–water partition coefficient (Wildman–Crippen LogP) is 2.57. The molecule has 1 aromatic rings. The lowest BCUT2D eigenvalue weighted by Crippen LogP contribution is -2.29. The van der Waals surface area contributed by atoms with Gasteiger partial charge in [-0.25, -0.2) is 21.9 Å². The number of sulfonamides is 1. The molecule has 0 radical (unpaired) electrons. The maximum absolute atomic E-state index is 13.4. The van der Waals surface area contributed by atoms with Gasteiger partial charge in [-0.3, -0.25) is 0 Å². The van der Waals surface area contributed by atoms with Crippen LogP contribution in [0.3, 0.4) is 0 Å². The molecule has 18 heavy (non-hydrogen) atoms. The second kappa shape index (κ2) is 6.45. The van der Waals surface area contributed by atoms with Crippen molar-refractivity contribution in [1.29, 1.82) is 0 Å². The number of nitrogens with one attached hydrogen (secondary N) is 1. The largest absolute Gasteiger partial charge is 0.212 e. The Labute approximate surface area is 110 Å². The van der Waals surface area contributed by atoms with Gasteiger partial charge in [-0.2, -0.15) is 0 Å². The average Bonchev–Trinajstić information content (AvgIpc) is 2.25. The Morgan fingerprint density at radius 2 is 2.06 bits per heavy atom. The van der Waals surface area contributed by atoms with Crippen molar-refractivity contribution in [2.45, 2.75) is 19.4 Å².